The molecule has 0 spiro atoms. The van der Waals surface area contributed by atoms with Crippen molar-refractivity contribution in [3.8, 4) is 0 Å². The Morgan fingerprint density at radius 2 is 1.85 bits per heavy atom. The van der Waals surface area contributed by atoms with Crippen LogP contribution in [0.5, 0.6) is 0 Å². The van der Waals surface area contributed by atoms with Crippen molar-refractivity contribution < 1.29 is 4.79 Å². The van der Waals surface area contributed by atoms with Crippen molar-refractivity contribution in [2.75, 3.05) is 0 Å². The van der Waals surface area contributed by atoms with Crippen LogP contribution in [-0.4, -0.2) is 21.2 Å². The van der Waals surface area contributed by atoms with Crippen molar-refractivity contribution in [2.45, 2.75) is 40.2 Å². The van der Waals surface area contributed by atoms with Gasteiger partial charge in [0, 0.05) is 0 Å². The van der Waals surface area contributed by atoms with Gasteiger partial charge in [-0.05, 0) is 43.0 Å². The summed E-state index contributed by atoms with van der Waals surface area (Å²) >= 11 is 0. The maximum Gasteiger partial charge on any atom is 0.260 e. The average Bonchev–Trinajstić information content (AvgIpc) is 2.95. The van der Waals surface area contributed by atoms with E-state index in [0.29, 0.717) is 5.92 Å². The number of fused-ring (bicyclic) bond motifs is 1. The van der Waals surface area contributed by atoms with Crippen LogP contribution in [-0.2, 0) is 11.3 Å². The Kier molecular flexibility index (Phi) is 5.16. The zero-order valence-corrected chi connectivity index (χ0v) is 15.7. The van der Waals surface area contributed by atoms with E-state index >= 15 is 0 Å². The van der Waals surface area contributed by atoms with E-state index in [1.54, 1.807) is 0 Å². The van der Waals surface area contributed by atoms with Crippen molar-refractivity contribution in [1.82, 2.24) is 15.0 Å². The van der Waals surface area contributed by atoms with Crippen LogP contribution in [0.15, 0.2) is 53.6 Å². The number of nitrogens with zero attached hydrogens (tertiary/aromatic N) is 3. The molecule has 1 heterocycles. The van der Waals surface area contributed by atoms with E-state index in [1.807, 2.05) is 54.8 Å². The lowest BCUT2D eigenvalue weighted by atomic mass is 10.0. The minimum atomic E-state index is -0.172. The number of hydrogen-bond acceptors (Lipinski definition) is 3. The molecule has 0 aliphatic carbocycles. The van der Waals surface area contributed by atoms with Gasteiger partial charge in [0.2, 0.25) is 0 Å². The number of amides is 1. The molecule has 0 unspecified atom stereocenters. The number of rotatable bonds is 5. The molecule has 134 valence electrons. The second-order valence-corrected chi connectivity index (χ2v) is 6.74. The SMILES string of the molecule is C/C(=N/NC(=O)Cn1c(C)nc2ccccc21)c1ccc(C(C)C)cc1. The van der Waals surface area contributed by atoms with Crippen molar-refractivity contribution in [3.05, 3.63) is 65.5 Å². The first-order valence-electron chi connectivity index (χ1n) is 8.81. The second-order valence-electron chi connectivity index (χ2n) is 6.74. The highest BCUT2D eigenvalue weighted by Gasteiger charge is 2.10. The number of para-hydroxylation sites is 2. The zero-order chi connectivity index (χ0) is 18.7. The Morgan fingerprint density at radius 3 is 2.54 bits per heavy atom. The number of nitrogens with one attached hydrogen (secondary N) is 1. The highest BCUT2D eigenvalue weighted by Crippen LogP contribution is 2.16. The molecule has 5 nitrogen and oxygen atoms in total. The first-order chi connectivity index (χ1) is 12.5. The first kappa shape index (κ1) is 17.9. The minimum Gasteiger partial charge on any atom is -0.319 e. The summed E-state index contributed by atoms with van der Waals surface area (Å²) in [6, 6.07) is 16.1. The lowest BCUT2D eigenvalue weighted by molar-refractivity contribution is -0.121. The largest absolute Gasteiger partial charge is 0.319 e. The van der Waals surface area contributed by atoms with E-state index in [-0.39, 0.29) is 12.5 Å². The van der Waals surface area contributed by atoms with E-state index < -0.39 is 0 Å². The number of hydrazone groups is 1. The number of aryl methyl sites for hydroxylation is 1. The van der Waals surface area contributed by atoms with Crippen LogP contribution in [0.1, 0.15) is 43.6 Å². The molecular formula is C21H24N4O. The summed E-state index contributed by atoms with van der Waals surface area (Å²) in [7, 11) is 0. The van der Waals surface area contributed by atoms with Crippen LogP contribution < -0.4 is 5.43 Å². The molecule has 0 saturated heterocycles. The molecule has 3 rings (SSSR count). The van der Waals surface area contributed by atoms with E-state index in [1.165, 1.54) is 5.56 Å². The number of carbonyl (C=O) groups excluding carboxylic acids is 1. The molecule has 0 aliphatic rings. The molecule has 0 atom stereocenters. The van der Waals surface area contributed by atoms with Crippen molar-refractivity contribution in [3.63, 3.8) is 0 Å². The molecule has 5 heteroatoms. The Labute approximate surface area is 153 Å². The average molecular weight is 348 g/mol. The first-order valence-corrected chi connectivity index (χ1v) is 8.81. The maximum atomic E-state index is 12.3. The van der Waals surface area contributed by atoms with E-state index in [4.69, 9.17) is 0 Å². The predicted molar refractivity (Wildman–Crippen MR) is 105 cm³/mol. The van der Waals surface area contributed by atoms with Crippen LogP contribution in [0.4, 0.5) is 0 Å². The Balaban J connectivity index is 1.69. The Bertz CT molecular complexity index is 952. The highest BCUT2D eigenvalue weighted by atomic mass is 16.2. The Morgan fingerprint density at radius 1 is 1.15 bits per heavy atom. The van der Waals surface area contributed by atoms with E-state index in [0.717, 1.165) is 28.1 Å². The zero-order valence-electron chi connectivity index (χ0n) is 15.7. The standard InChI is InChI=1S/C21H24N4O/c1-14(2)17-9-11-18(12-10-17)15(3)23-24-21(26)13-25-16(4)22-19-7-5-6-8-20(19)25/h5-12,14H,13H2,1-4H3,(H,24,26)/b23-15-. The quantitative estimate of drug-likeness (QED) is 0.559. The molecule has 0 radical (unpaired) electrons. The third kappa shape index (κ3) is 3.82. The second kappa shape index (κ2) is 7.52. The fraction of sp³-hybridized carbons (Fsp3) is 0.286. The predicted octanol–water partition coefficient (Wildman–Crippen LogP) is 4.01. The van der Waals surface area contributed by atoms with Crippen LogP contribution in [0, 0.1) is 6.92 Å². The van der Waals surface area contributed by atoms with Gasteiger partial charge in [0.15, 0.2) is 0 Å². The molecule has 1 aromatic heterocycles. The summed E-state index contributed by atoms with van der Waals surface area (Å²) in [6.45, 7) is 8.31. The van der Waals surface area contributed by atoms with E-state index in [9.17, 15) is 4.79 Å². The van der Waals surface area contributed by atoms with Crippen molar-refractivity contribution in [2.24, 2.45) is 5.10 Å². The van der Waals surface area contributed by atoms with Crippen LogP contribution >= 0.6 is 0 Å². The van der Waals surface area contributed by atoms with Gasteiger partial charge >= 0.3 is 0 Å². The van der Waals surface area contributed by atoms with Crippen LogP contribution in [0.3, 0.4) is 0 Å². The number of aromatic nitrogens is 2. The smallest absolute Gasteiger partial charge is 0.260 e. The fourth-order valence-corrected chi connectivity index (χ4v) is 2.89. The molecule has 2 aromatic carbocycles. The van der Waals surface area contributed by atoms with Gasteiger partial charge in [-0.1, -0.05) is 50.2 Å². The summed E-state index contributed by atoms with van der Waals surface area (Å²) in [5, 5.41) is 4.24. The number of imidazole rings is 1. The van der Waals surface area contributed by atoms with Crippen LogP contribution in [0.25, 0.3) is 11.0 Å². The third-order valence-electron chi connectivity index (χ3n) is 4.49. The highest BCUT2D eigenvalue weighted by molar-refractivity contribution is 5.99. The monoisotopic (exact) mass is 348 g/mol. The van der Waals surface area contributed by atoms with Gasteiger partial charge in [0.25, 0.3) is 5.91 Å². The Hall–Kier alpha value is -2.95. The molecule has 0 fully saturated rings. The molecule has 0 saturated carbocycles. The summed E-state index contributed by atoms with van der Waals surface area (Å²) in [5.74, 6) is 1.13. The van der Waals surface area contributed by atoms with E-state index in [2.05, 4.69) is 41.5 Å². The van der Waals surface area contributed by atoms with Gasteiger partial charge in [0.1, 0.15) is 12.4 Å². The number of hydrogen-bond donors (Lipinski definition) is 1. The molecule has 1 amide bonds. The summed E-state index contributed by atoms with van der Waals surface area (Å²) in [6.07, 6.45) is 0. The number of benzene rings is 2. The van der Waals surface area contributed by atoms with Gasteiger partial charge in [0.05, 0.1) is 16.7 Å². The topological polar surface area (TPSA) is 59.3 Å². The van der Waals surface area contributed by atoms with Gasteiger partial charge in [-0.15, -0.1) is 0 Å². The van der Waals surface area contributed by atoms with Crippen LogP contribution in [0.2, 0.25) is 0 Å². The third-order valence-corrected chi connectivity index (χ3v) is 4.49. The van der Waals surface area contributed by atoms with Crippen molar-refractivity contribution in [1.29, 1.82) is 0 Å². The lowest BCUT2D eigenvalue weighted by Crippen LogP contribution is -2.24. The molecule has 1 N–H and O–H groups in total. The number of carbonyl (C=O) groups is 1. The summed E-state index contributed by atoms with van der Waals surface area (Å²) in [4.78, 5) is 16.8. The summed E-state index contributed by atoms with van der Waals surface area (Å²) in [5.41, 5.74) is 7.55. The molecule has 0 aliphatic heterocycles. The normalized spacial score (nSPS) is 12.0. The molecule has 26 heavy (non-hydrogen) atoms. The van der Waals surface area contributed by atoms with Gasteiger partial charge in [-0.2, -0.15) is 5.10 Å². The lowest BCUT2D eigenvalue weighted by Gasteiger charge is -2.08. The maximum absolute atomic E-state index is 12.3. The van der Waals surface area contributed by atoms with Crippen molar-refractivity contribution >= 4 is 22.7 Å². The fourth-order valence-electron chi connectivity index (χ4n) is 2.89. The van der Waals surface area contributed by atoms with Gasteiger partial charge in [-0.25, -0.2) is 10.4 Å². The van der Waals surface area contributed by atoms with Gasteiger partial charge < -0.3 is 4.57 Å². The molecule has 0 bridgehead atoms. The molecule has 3 aromatic rings. The molecular weight excluding hydrogens is 324 g/mol. The summed E-state index contributed by atoms with van der Waals surface area (Å²) < 4.78 is 1.90. The minimum absolute atomic E-state index is 0.172. The van der Waals surface area contributed by atoms with Gasteiger partial charge in [-0.3, -0.25) is 4.79 Å².